The third kappa shape index (κ3) is 1.46. The van der Waals surface area contributed by atoms with Gasteiger partial charge in [0.2, 0.25) is 0 Å². The van der Waals surface area contributed by atoms with Gasteiger partial charge in [0.1, 0.15) is 0 Å². The number of aliphatic hydroxyl groups excluding tert-OH is 1. The van der Waals surface area contributed by atoms with Crippen LogP contribution in [0.4, 0.5) is 0 Å². The molecule has 1 N–H and O–H groups in total. The topological polar surface area (TPSA) is 29.5 Å². The zero-order valence-electron chi connectivity index (χ0n) is 4.97. The Labute approximate surface area is 49.5 Å². The van der Waals surface area contributed by atoms with Crippen molar-refractivity contribution in [2.75, 3.05) is 13.2 Å². The summed E-state index contributed by atoms with van der Waals surface area (Å²) in [5, 5.41) is 8.57. The van der Waals surface area contributed by atoms with Crippen molar-refractivity contribution in [2.24, 2.45) is 0 Å². The molecule has 1 atom stereocenters. The van der Waals surface area contributed by atoms with E-state index in [9.17, 15) is 0 Å². The normalized spacial score (nSPS) is 30.4. The first kappa shape index (κ1) is 6.05. The summed E-state index contributed by atoms with van der Waals surface area (Å²) >= 11 is 0. The smallest absolute Gasteiger partial charge is 0.0805 e. The first-order valence-electron chi connectivity index (χ1n) is 3.16. The molecule has 48 valence electrons. The molecule has 2 nitrogen and oxygen atoms in total. The van der Waals surface area contributed by atoms with Crippen LogP contribution >= 0.6 is 0 Å². The molecule has 1 rings (SSSR count). The minimum atomic E-state index is 0.142. The molecule has 0 unspecified atom stereocenters. The fourth-order valence-electron chi connectivity index (χ4n) is 0.951. The van der Waals surface area contributed by atoms with E-state index in [0.717, 1.165) is 19.4 Å². The summed E-state index contributed by atoms with van der Waals surface area (Å²) in [4.78, 5) is 0. The quantitative estimate of drug-likeness (QED) is 0.542. The van der Waals surface area contributed by atoms with Crippen LogP contribution in [-0.2, 0) is 4.74 Å². The molecule has 0 amide bonds. The van der Waals surface area contributed by atoms with Crippen molar-refractivity contribution >= 4 is 0 Å². The van der Waals surface area contributed by atoms with Crippen LogP contribution in [0.3, 0.4) is 0 Å². The molecular formula is C6H12O2. The molecule has 1 aliphatic rings. The van der Waals surface area contributed by atoms with E-state index in [0.29, 0.717) is 0 Å². The Hall–Kier alpha value is -0.0800. The third-order valence-electron chi connectivity index (χ3n) is 1.48. The molecule has 0 aromatic carbocycles. The number of hydrogen-bond donors (Lipinski definition) is 1. The standard InChI is InChI=1S/C6H12O2/c7-5-6-3-1-2-4-8-6/h6-7H,1-5H2/t6-/m1/s1. The maximum absolute atomic E-state index is 8.57. The molecule has 1 aliphatic heterocycles. The van der Waals surface area contributed by atoms with Crippen LogP contribution in [0.15, 0.2) is 0 Å². The SMILES string of the molecule is OC[C@H]1CCCCO1. The Kier molecular flexibility index (Phi) is 2.30. The van der Waals surface area contributed by atoms with Gasteiger partial charge in [-0.3, -0.25) is 0 Å². The summed E-state index contributed by atoms with van der Waals surface area (Å²) in [6, 6.07) is 0. The Morgan fingerprint density at radius 3 is 2.75 bits per heavy atom. The van der Waals surface area contributed by atoms with Crippen LogP contribution in [0.25, 0.3) is 0 Å². The first-order valence-corrected chi connectivity index (χ1v) is 3.16. The van der Waals surface area contributed by atoms with Crippen molar-refractivity contribution in [3.63, 3.8) is 0 Å². The van der Waals surface area contributed by atoms with E-state index < -0.39 is 0 Å². The van der Waals surface area contributed by atoms with Gasteiger partial charge in [0.05, 0.1) is 12.7 Å². The van der Waals surface area contributed by atoms with Gasteiger partial charge in [0.25, 0.3) is 0 Å². The van der Waals surface area contributed by atoms with Crippen LogP contribution in [0.1, 0.15) is 19.3 Å². The van der Waals surface area contributed by atoms with Crippen LogP contribution in [0.2, 0.25) is 0 Å². The second-order valence-electron chi connectivity index (χ2n) is 2.17. The van der Waals surface area contributed by atoms with Gasteiger partial charge in [-0.1, -0.05) is 0 Å². The largest absolute Gasteiger partial charge is 0.394 e. The van der Waals surface area contributed by atoms with E-state index >= 15 is 0 Å². The van der Waals surface area contributed by atoms with Gasteiger partial charge in [-0.15, -0.1) is 0 Å². The fourth-order valence-corrected chi connectivity index (χ4v) is 0.951. The van der Waals surface area contributed by atoms with Crippen molar-refractivity contribution in [1.82, 2.24) is 0 Å². The molecule has 0 aliphatic carbocycles. The van der Waals surface area contributed by atoms with Crippen LogP contribution < -0.4 is 0 Å². The van der Waals surface area contributed by atoms with Gasteiger partial charge < -0.3 is 9.84 Å². The Bertz CT molecular complexity index is 57.5. The molecule has 0 radical (unpaired) electrons. The van der Waals surface area contributed by atoms with Crippen LogP contribution in [0.5, 0.6) is 0 Å². The zero-order valence-corrected chi connectivity index (χ0v) is 4.97. The van der Waals surface area contributed by atoms with Crippen LogP contribution in [0, 0.1) is 0 Å². The predicted octanol–water partition coefficient (Wildman–Crippen LogP) is 0.548. The lowest BCUT2D eigenvalue weighted by atomic mass is 10.1. The van der Waals surface area contributed by atoms with Crippen molar-refractivity contribution in [2.45, 2.75) is 25.4 Å². The number of rotatable bonds is 1. The van der Waals surface area contributed by atoms with Gasteiger partial charge in [-0.2, -0.15) is 0 Å². The third-order valence-corrected chi connectivity index (χ3v) is 1.48. The van der Waals surface area contributed by atoms with Gasteiger partial charge in [0.15, 0.2) is 0 Å². The Morgan fingerprint density at radius 1 is 1.50 bits per heavy atom. The van der Waals surface area contributed by atoms with Gasteiger partial charge in [0, 0.05) is 6.61 Å². The van der Waals surface area contributed by atoms with E-state index in [4.69, 9.17) is 9.84 Å². The van der Waals surface area contributed by atoms with Gasteiger partial charge >= 0.3 is 0 Å². The highest BCUT2D eigenvalue weighted by Gasteiger charge is 2.10. The molecular weight excluding hydrogens is 104 g/mol. The Balaban J connectivity index is 2.13. The molecule has 1 fully saturated rings. The van der Waals surface area contributed by atoms with Crippen LogP contribution in [-0.4, -0.2) is 24.4 Å². The van der Waals surface area contributed by atoms with E-state index in [1.807, 2.05) is 0 Å². The number of ether oxygens (including phenoxy) is 1. The summed E-state index contributed by atoms with van der Waals surface area (Å²) in [7, 11) is 0. The monoisotopic (exact) mass is 116 g/mol. The van der Waals surface area contributed by atoms with E-state index in [1.165, 1.54) is 6.42 Å². The van der Waals surface area contributed by atoms with E-state index in [1.54, 1.807) is 0 Å². The maximum atomic E-state index is 8.57. The molecule has 0 saturated carbocycles. The van der Waals surface area contributed by atoms with E-state index in [2.05, 4.69) is 0 Å². The number of hydrogen-bond acceptors (Lipinski definition) is 2. The maximum Gasteiger partial charge on any atom is 0.0805 e. The van der Waals surface area contributed by atoms with Crippen molar-refractivity contribution in [3.05, 3.63) is 0 Å². The van der Waals surface area contributed by atoms with Crippen molar-refractivity contribution in [1.29, 1.82) is 0 Å². The molecule has 1 saturated heterocycles. The van der Waals surface area contributed by atoms with E-state index in [-0.39, 0.29) is 12.7 Å². The molecule has 2 heteroatoms. The molecule has 0 bridgehead atoms. The lowest BCUT2D eigenvalue weighted by Gasteiger charge is -2.19. The molecule has 0 aromatic rings. The fraction of sp³-hybridized carbons (Fsp3) is 1.00. The second-order valence-corrected chi connectivity index (χ2v) is 2.17. The average molecular weight is 116 g/mol. The summed E-state index contributed by atoms with van der Waals surface area (Å²) in [5.41, 5.74) is 0. The van der Waals surface area contributed by atoms with Crippen molar-refractivity contribution in [3.8, 4) is 0 Å². The summed E-state index contributed by atoms with van der Waals surface area (Å²) in [6.07, 6.45) is 3.56. The lowest BCUT2D eigenvalue weighted by Crippen LogP contribution is -2.22. The minimum Gasteiger partial charge on any atom is -0.394 e. The Morgan fingerprint density at radius 2 is 2.38 bits per heavy atom. The number of aliphatic hydroxyl groups is 1. The second kappa shape index (κ2) is 3.05. The molecule has 1 heterocycles. The highest BCUT2D eigenvalue weighted by Crippen LogP contribution is 2.10. The summed E-state index contributed by atoms with van der Waals surface area (Å²) < 4.78 is 5.18. The highest BCUT2D eigenvalue weighted by atomic mass is 16.5. The van der Waals surface area contributed by atoms with Gasteiger partial charge in [-0.25, -0.2) is 0 Å². The molecule has 8 heavy (non-hydrogen) atoms. The van der Waals surface area contributed by atoms with Crippen molar-refractivity contribution < 1.29 is 9.84 Å². The molecule has 0 spiro atoms. The molecule has 0 aromatic heterocycles. The average Bonchev–Trinajstić information content (AvgIpc) is 1.90. The zero-order chi connectivity index (χ0) is 5.82. The minimum absolute atomic E-state index is 0.142. The summed E-state index contributed by atoms with van der Waals surface area (Å²) in [5.74, 6) is 0. The predicted molar refractivity (Wildman–Crippen MR) is 30.7 cm³/mol. The lowest BCUT2D eigenvalue weighted by molar-refractivity contribution is -0.0172. The first-order chi connectivity index (χ1) is 3.93. The highest BCUT2D eigenvalue weighted by molar-refractivity contribution is 4.60. The summed E-state index contributed by atoms with van der Waals surface area (Å²) in [6.45, 7) is 1.03. The van der Waals surface area contributed by atoms with Gasteiger partial charge in [-0.05, 0) is 19.3 Å².